The lowest BCUT2D eigenvalue weighted by molar-refractivity contribution is -0.114. The van der Waals surface area contributed by atoms with Crippen molar-refractivity contribution in [2.45, 2.75) is 43.8 Å². The van der Waals surface area contributed by atoms with Crippen LogP contribution in [0.25, 0.3) is 21.7 Å². The molecular formula is C27H24F3N3O3S2. The third-order valence-corrected chi connectivity index (χ3v) is 8.71. The molecule has 38 heavy (non-hydrogen) atoms. The van der Waals surface area contributed by atoms with Gasteiger partial charge in [-0.25, -0.2) is 31.6 Å². The number of thiazole rings is 1. The van der Waals surface area contributed by atoms with Gasteiger partial charge in [-0.3, -0.25) is 4.79 Å². The molecule has 198 valence electrons. The van der Waals surface area contributed by atoms with Crippen molar-refractivity contribution in [1.29, 1.82) is 0 Å². The molecule has 1 N–H and O–H groups in total. The number of aromatic nitrogens is 2. The van der Waals surface area contributed by atoms with E-state index in [9.17, 15) is 22.0 Å². The highest BCUT2D eigenvalue weighted by Gasteiger charge is 2.27. The number of rotatable bonds is 6. The third-order valence-electron chi connectivity index (χ3n) is 5.50. The molecule has 4 aromatic rings. The van der Waals surface area contributed by atoms with Crippen molar-refractivity contribution in [2.24, 2.45) is 0 Å². The molecule has 0 fully saturated rings. The van der Waals surface area contributed by atoms with E-state index >= 15 is 4.39 Å². The van der Waals surface area contributed by atoms with Gasteiger partial charge in [-0.05, 0) is 42.0 Å². The fourth-order valence-corrected chi connectivity index (χ4v) is 6.29. The van der Waals surface area contributed by atoms with E-state index in [0.29, 0.717) is 33.4 Å². The maximum atomic E-state index is 15.9. The molecule has 6 nitrogen and oxygen atoms in total. The van der Waals surface area contributed by atoms with Gasteiger partial charge in [0.05, 0.1) is 21.3 Å². The highest BCUT2D eigenvalue weighted by molar-refractivity contribution is 7.90. The normalized spacial score (nSPS) is 12.0. The lowest BCUT2D eigenvalue weighted by atomic mass is 9.98. The number of hydrogen-bond donors (Lipinski definition) is 1. The van der Waals surface area contributed by atoms with Crippen LogP contribution in [-0.2, 0) is 25.8 Å². The predicted molar refractivity (Wildman–Crippen MR) is 141 cm³/mol. The van der Waals surface area contributed by atoms with Gasteiger partial charge in [0.15, 0.2) is 9.84 Å². The highest BCUT2D eigenvalue weighted by Crippen LogP contribution is 2.42. The van der Waals surface area contributed by atoms with E-state index in [1.54, 1.807) is 12.1 Å². The summed E-state index contributed by atoms with van der Waals surface area (Å²) in [5.74, 6) is -3.74. The summed E-state index contributed by atoms with van der Waals surface area (Å²) in [6.07, 6.45) is 1.51. The molecule has 4 rings (SSSR count). The Morgan fingerprint density at radius 2 is 1.79 bits per heavy atom. The van der Waals surface area contributed by atoms with Crippen LogP contribution in [0.2, 0.25) is 0 Å². The van der Waals surface area contributed by atoms with Crippen LogP contribution in [0.3, 0.4) is 0 Å². The zero-order chi connectivity index (χ0) is 27.8. The summed E-state index contributed by atoms with van der Waals surface area (Å²) in [6.45, 7) is 7.24. The number of nitrogens with one attached hydrogen (secondary N) is 1. The number of carbonyl (C=O) groups excluding carboxylic acids is 1. The molecule has 2 heterocycles. The summed E-state index contributed by atoms with van der Waals surface area (Å²) < 4.78 is 69.5. The minimum Gasteiger partial charge on any atom is -0.311 e. The summed E-state index contributed by atoms with van der Waals surface area (Å²) in [4.78, 5) is 20.1. The van der Waals surface area contributed by atoms with E-state index in [0.717, 1.165) is 6.07 Å². The van der Waals surface area contributed by atoms with Crippen molar-refractivity contribution < 1.29 is 26.4 Å². The maximum absolute atomic E-state index is 15.9. The second kappa shape index (κ2) is 10.3. The first-order valence-corrected chi connectivity index (χ1v) is 13.9. The largest absolute Gasteiger partial charge is 0.311 e. The minimum atomic E-state index is -4.41. The summed E-state index contributed by atoms with van der Waals surface area (Å²) in [5.41, 5.74) is 0.380. The number of benzene rings is 2. The first-order chi connectivity index (χ1) is 17.8. The molecule has 1 amide bonds. The smallest absolute Gasteiger partial charge is 0.222 e. The van der Waals surface area contributed by atoms with Crippen molar-refractivity contribution in [3.8, 4) is 21.7 Å². The second-order valence-corrected chi connectivity index (χ2v) is 12.6. The standard InChI is InChI=1S/C27H24F3N3O3S2/c1-15(34)32-22-12-16(10-11-31-22)25-24(33-26(37-25)27(2,3)4)19-7-5-6-17(23(19)30)14-38(35,36)21-13-18(28)8-9-20(21)29/h5-13H,14H2,1-4H3,(H,31,32,34). The molecule has 0 aliphatic rings. The van der Waals surface area contributed by atoms with Gasteiger partial charge >= 0.3 is 0 Å². The van der Waals surface area contributed by atoms with Crippen molar-refractivity contribution in [2.75, 3.05) is 5.32 Å². The molecule has 0 saturated carbocycles. The number of nitrogens with zero attached hydrogens (tertiary/aromatic N) is 2. The molecule has 0 aliphatic heterocycles. The zero-order valence-electron chi connectivity index (χ0n) is 21.0. The molecule has 11 heteroatoms. The summed E-state index contributed by atoms with van der Waals surface area (Å²) in [7, 11) is -4.41. The number of anilines is 1. The van der Waals surface area contributed by atoms with E-state index in [-0.39, 0.29) is 28.1 Å². The Labute approximate surface area is 222 Å². The molecule has 0 spiro atoms. The Balaban J connectivity index is 1.84. The highest BCUT2D eigenvalue weighted by atomic mass is 32.2. The van der Waals surface area contributed by atoms with Crippen LogP contribution >= 0.6 is 11.3 Å². The average molecular weight is 560 g/mol. The van der Waals surface area contributed by atoms with Gasteiger partial charge in [0.1, 0.15) is 28.2 Å². The number of sulfone groups is 1. The molecule has 0 bridgehead atoms. The van der Waals surface area contributed by atoms with Crippen LogP contribution in [0.4, 0.5) is 19.0 Å². The van der Waals surface area contributed by atoms with Crippen molar-refractivity contribution in [3.63, 3.8) is 0 Å². The van der Waals surface area contributed by atoms with E-state index < -0.39 is 37.9 Å². The van der Waals surface area contributed by atoms with E-state index in [2.05, 4.69) is 10.3 Å². The number of carbonyl (C=O) groups is 1. The Morgan fingerprint density at radius 1 is 1.05 bits per heavy atom. The average Bonchev–Trinajstić information content (AvgIpc) is 3.27. The van der Waals surface area contributed by atoms with Gasteiger partial charge in [-0.1, -0.05) is 32.9 Å². The number of amides is 1. The zero-order valence-corrected chi connectivity index (χ0v) is 22.6. The topological polar surface area (TPSA) is 89.0 Å². The summed E-state index contributed by atoms with van der Waals surface area (Å²) >= 11 is 1.34. The summed E-state index contributed by atoms with van der Waals surface area (Å²) in [6, 6.07) is 9.70. The van der Waals surface area contributed by atoms with Gasteiger partial charge in [0, 0.05) is 29.7 Å². The van der Waals surface area contributed by atoms with Gasteiger partial charge in [0.2, 0.25) is 5.91 Å². The Bertz CT molecular complexity index is 1650. The van der Waals surface area contributed by atoms with Crippen LogP contribution in [0, 0.1) is 17.5 Å². The second-order valence-electron chi connectivity index (χ2n) is 9.67. The predicted octanol–water partition coefficient (Wildman–Crippen LogP) is 6.52. The van der Waals surface area contributed by atoms with Gasteiger partial charge in [-0.15, -0.1) is 11.3 Å². The van der Waals surface area contributed by atoms with Gasteiger partial charge in [-0.2, -0.15) is 0 Å². The molecule has 0 atom stereocenters. The Hall–Kier alpha value is -3.57. The molecule has 0 radical (unpaired) electrons. The molecule has 0 aliphatic carbocycles. The SMILES string of the molecule is CC(=O)Nc1cc(-c2sc(C(C)(C)C)nc2-c2cccc(CS(=O)(=O)c3cc(F)ccc3F)c2F)ccn1. The minimum absolute atomic E-state index is 0.0528. The molecule has 0 saturated heterocycles. The van der Waals surface area contributed by atoms with Crippen molar-refractivity contribution >= 4 is 32.9 Å². The molecule has 0 unspecified atom stereocenters. The van der Waals surface area contributed by atoms with Crippen LogP contribution in [0.1, 0.15) is 38.3 Å². The number of hydrogen-bond acceptors (Lipinski definition) is 6. The molecule has 2 aromatic heterocycles. The fourth-order valence-electron chi connectivity index (χ4n) is 3.71. The maximum Gasteiger partial charge on any atom is 0.222 e. The third kappa shape index (κ3) is 5.78. The number of halogens is 3. The Morgan fingerprint density at radius 3 is 2.47 bits per heavy atom. The first-order valence-electron chi connectivity index (χ1n) is 11.5. The van der Waals surface area contributed by atoms with Gasteiger partial charge < -0.3 is 5.32 Å². The molecule has 2 aromatic carbocycles. The lowest BCUT2D eigenvalue weighted by Gasteiger charge is -2.13. The Kier molecular flexibility index (Phi) is 7.44. The van der Waals surface area contributed by atoms with E-state index in [1.807, 2.05) is 20.8 Å². The first kappa shape index (κ1) is 27.5. The number of pyridine rings is 1. The quantitative estimate of drug-likeness (QED) is 0.291. The lowest BCUT2D eigenvalue weighted by Crippen LogP contribution is -2.10. The summed E-state index contributed by atoms with van der Waals surface area (Å²) in [5, 5.41) is 3.33. The fraction of sp³-hybridized carbons (Fsp3) is 0.222. The van der Waals surface area contributed by atoms with E-state index in [1.165, 1.54) is 42.7 Å². The molecular weight excluding hydrogens is 535 g/mol. The van der Waals surface area contributed by atoms with Gasteiger partial charge in [0.25, 0.3) is 0 Å². The van der Waals surface area contributed by atoms with Crippen molar-refractivity contribution in [3.05, 3.63) is 82.8 Å². The van der Waals surface area contributed by atoms with E-state index in [4.69, 9.17) is 4.98 Å². The van der Waals surface area contributed by atoms with Crippen LogP contribution in [0.5, 0.6) is 0 Å². The van der Waals surface area contributed by atoms with Crippen LogP contribution in [-0.4, -0.2) is 24.3 Å². The monoisotopic (exact) mass is 559 g/mol. The van der Waals surface area contributed by atoms with Crippen LogP contribution in [0.15, 0.2) is 59.6 Å². The van der Waals surface area contributed by atoms with Crippen molar-refractivity contribution in [1.82, 2.24) is 9.97 Å². The van der Waals surface area contributed by atoms with Crippen LogP contribution < -0.4 is 5.32 Å².